The maximum Gasteiger partial charge on any atom is 0.413 e. The molecule has 1 aliphatic rings. The van der Waals surface area contributed by atoms with E-state index in [1.165, 1.54) is 4.90 Å². The molecule has 1 aromatic rings. The molecule has 0 bridgehead atoms. The van der Waals surface area contributed by atoms with Crippen molar-refractivity contribution >= 4 is 46.1 Å². The average Bonchev–Trinajstić information content (AvgIpc) is 2.47. The zero-order chi connectivity index (χ0) is 17.2. The molecular weight excluding hydrogens is 433 g/mol. The summed E-state index contributed by atoms with van der Waals surface area (Å²) in [5, 5.41) is 9.92. The van der Waals surface area contributed by atoms with Gasteiger partial charge in [0.1, 0.15) is 3.70 Å². The highest BCUT2D eigenvalue weighted by molar-refractivity contribution is 14.1. The standard InChI is InChI=1S/C15H21ClIN3O3/c1-15(2,3)10-13(19-11(16)12(17)18-10)20(14(21)22)8-9-4-6-23-7-5-9/h9H,4-8H2,1-3H3,(H,21,22). The molecule has 2 heterocycles. The first-order chi connectivity index (χ1) is 10.7. The average molecular weight is 454 g/mol. The number of amides is 1. The topological polar surface area (TPSA) is 75.5 Å². The van der Waals surface area contributed by atoms with Crippen LogP contribution in [0.1, 0.15) is 39.3 Å². The van der Waals surface area contributed by atoms with Crippen LogP contribution in [0.25, 0.3) is 0 Å². The second-order valence-corrected chi connectivity index (χ2v) is 8.06. The van der Waals surface area contributed by atoms with Gasteiger partial charge in [-0.05, 0) is 41.4 Å². The van der Waals surface area contributed by atoms with E-state index in [1.807, 2.05) is 43.4 Å². The third-order valence-corrected chi connectivity index (χ3v) is 5.11. The number of halogens is 2. The normalized spacial score (nSPS) is 16.4. The van der Waals surface area contributed by atoms with Crippen LogP contribution in [0.2, 0.25) is 5.15 Å². The molecule has 1 N–H and O–H groups in total. The van der Waals surface area contributed by atoms with E-state index in [0.717, 1.165) is 12.8 Å². The molecule has 1 fully saturated rings. The minimum absolute atomic E-state index is 0.229. The Morgan fingerprint density at radius 3 is 2.52 bits per heavy atom. The van der Waals surface area contributed by atoms with Crippen molar-refractivity contribution in [1.29, 1.82) is 0 Å². The summed E-state index contributed by atoms with van der Waals surface area (Å²) in [7, 11) is 0. The molecule has 1 aromatic heterocycles. The lowest BCUT2D eigenvalue weighted by molar-refractivity contribution is 0.0680. The maximum atomic E-state index is 11.8. The molecule has 8 heteroatoms. The van der Waals surface area contributed by atoms with E-state index in [2.05, 4.69) is 9.97 Å². The third-order valence-electron chi connectivity index (χ3n) is 3.77. The molecule has 0 saturated carbocycles. The number of ether oxygens (including phenoxy) is 1. The Labute approximate surface area is 154 Å². The number of carbonyl (C=O) groups is 1. The van der Waals surface area contributed by atoms with Gasteiger partial charge in [-0.15, -0.1) is 0 Å². The molecule has 1 amide bonds. The number of nitrogens with zero attached hydrogens (tertiary/aromatic N) is 3. The zero-order valence-corrected chi connectivity index (χ0v) is 16.4. The molecule has 1 saturated heterocycles. The summed E-state index contributed by atoms with van der Waals surface area (Å²) < 4.78 is 5.92. The van der Waals surface area contributed by atoms with Crippen molar-refractivity contribution in [1.82, 2.24) is 9.97 Å². The number of carboxylic acid groups (broad SMARTS) is 1. The van der Waals surface area contributed by atoms with Crippen LogP contribution >= 0.6 is 34.2 Å². The van der Waals surface area contributed by atoms with Gasteiger partial charge in [-0.25, -0.2) is 14.8 Å². The SMILES string of the molecule is CC(C)(C)c1nc(I)c(Cl)nc1N(CC1CCOCC1)C(=O)O. The summed E-state index contributed by atoms with van der Waals surface area (Å²) >= 11 is 8.12. The van der Waals surface area contributed by atoms with Gasteiger partial charge in [0.25, 0.3) is 0 Å². The predicted molar refractivity (Wildman–Crippen MR) is 97.4 cm³/mol. The molecule has 0 aromatic carbocycles. The van der Waals surface area contributed by atoms with Crippen molar-refractivity contribution in [3.05, 3.63) is 14.5 Å². The summed E-state index contributed by atoms with van der Waals surface area (Å²) in [5.41, 5.74) is 0.303. The maximum absolute atomic E-state index is 11.8. The number of rotatable bonds is 3. The van der Waals surface area contributed by atoms with Gasteiger partial charge in [-0.1, -0.05) is 32.4 Å². The Hall–Kier alpha value is -0.670. The molecule has 0 radical (unpaired) electrons. The van der Waals surface area contributed by atoms with Crippen LogP contribution in [0.15, 0.2) is 0 Å². The third kappa shape index (κ3) is 4.67. The largest absolute Gasteiger partial charge is 0.465 e. The van der Waals surface area contributed by atoms with Gasteiger partial charge in [0.05, 0.1) is 5.69 Å². The van der Waals surface area contributed by atoms with Gasteiger partial charge in [-0.3, -0.25) is 4.90 Å². The molecule has 0 atom stereocenters. The number of aromatic nitrogens is 2. The second-order valence-electron chi connectivity index (χ2n) is 6.68. The highest BCUT2D eigenvalue weighted by atomic mass is 127. The van der Waals surface area contributed by atoms with E-state index in [0.29, 0.717) is 35.0 Å². The number of hydrogen-bond acceptors (Lipinski definition) is 4. The van der Waals surface area contributed by atoms with E-state index >= 15 is 0 Å². The molecule has 23 heavy (non-hydrogen) atoms. The lowest BCUT2D eigenvalue weighted by Crippen LogP contribution is -2.39. The van der Waals surface area contributed by atoms with E-state index in [9.17, 15) is 9.90 Å². The predicted octanol–water partition coefficient (Wildman–Crippen LogP) is 3.94. The Kier molecular flexibility index (Phi) is 6.07. The lowest BCUT2D eigenvalue weighted by atomic mass is 9.91. The number of anilines is 1. The van der Waals surface area contributed by atoms with Gasteiger partial charge in [-0.2, -0.15) is 0 Å². The second kappa shape index (κ2) is 7.48. The smallest absolute Gasteiger partial charge is 0.413 e. The Morgan fingerprint density at radius 1 is 1.39 bits per heavy atom. The van der Waals surface area contributed by atoms with Crippen LogP contribution in [-0.4, -0.2) is 40.9 Å². The molecule has 2 rings (SSSR count). The summed E-state index contributed by atoms with van der Waals surface area (Å²) in [6, 6.07) is 0. The Bertz CT molecular complexity index is 586. The molecule has 6 nitrogen and oxygen atoms in total. The minimum Gasteiger partial charge on any atom is -0.465 e. The molecule has 0 spiro atoms. The first-order valence-electron chi connectivity index (χ1n) is 7.52. The van der Waals surface area contributed by atoms with Crippen LogP contribution in [-0.2, 0) is 10.2 Å². The minimum atomic E-state index is -1.03. The molecule has 1 aliphatic heterocycles. The van der Waals surface area contributed by atoms with Crippen molar-refractivity contribution in [2.45, 2.75) is 39.0 Å². The monoisotopic (exact) mass is 453 g/mol. The van der Waals surface area contributed by atoms with Crippen LogP contribution in [0.3, 0.4) is 0 Å². The van der Waals surface area contributed by atoms with Gasteiger partial charge < -0.3 is 9.84 Å². The van der Waals surface area contributed by atoms with Gasteiger partial charge in [0.2, 0.25) is 0 Å². The van der Waals surface area contributed by atoms with Gasteiger partial charge in [0, 0.05) is 25.2 Å². The van der Waals surface area contributed by atoms with Crippen molar-refractivity contribution in [2.24, 2.45) is 5.92 Å². The summed E-state index contributed by atoms with van der Waals surface area (Å²) in [6.45, 7) is 7.68. The van der Waals surface area contributed by atoms with Crippen LogP contribution in [0.4, 0.5) is 10.6 Å². The van der Waals surface area contributed by atoms with Crippen LogP contribution < -0.4 is 4.90 Å². The van der Waals surface area contributed by atoms with Crippen LogP contribution in [0.5, 0.6) is 0 Å². The highest BCUT2D eigenvalue weighted by Crippen LogP contribution is 2.32. The first-order valence-corrected chi connectivity index (χ1v) is 8.97. The lowest BCUT2D eigenvalue weighted by Gasteiger charge is -2.30. The number of hydrogen-bond donors (Lipinski definition) is 1. The van der Waals surface area contributed by atoms with Gasteiger partial charge in [0.15, 0.2) is 11.0 Å². The Morgan fingerprint density at radius 2 is 2.00 bits per heavy atom. The highest BCUT2D eigenvalue weighted by Gasteiger charge is 2.31. The summed E-state index contributed by atoms with van der Waals surface area (Å²) in [4.78, 5) is 22.0. The van der Waals surface area contributed by atoms with Crippen molar-refractivity contribution < 1.29 is 14.6 Å². The molecular formula is C15H21ClIN3O3. The van der Waals surface area contributed by atoms with E-state index in [4.69, 9.17) is 16.3 Å². The van der Waals surface area contributed by atoms with Crippen molar-refractivity contribution in [2.75, 3.05) is 24.7 Å². The summed E-state index contributed by atoms with van der Waals surface area (Å²) in [6.07, 6.45) is 0.661. The van der Waals surface area contributed by atoms with Crippen molar-refractivity contribution in [3.63, 3.8) is 0 Å². The van der Waals surface area contributed by atoms with Crippen molar-refractivity contribution in [3.8, 4) is 0 Å². The summed E-state index contributed by atoms with van der Waals surface area (Å²) in [5.74, 6) is 0.592. The molecule has 128 valence electrons. The Balaban J connectivity index is 2.41. The zero-order valence-electron chi connectivity index (χ0n) is 13.5. The molecule has 0 unspecified atom stereocenters. The quantitative estimate of drug-likeness (QED) is 0.702. The molecule has 0 aliphatic carbocycles. The first kappa shape index (κ1) is 18.7. The fourth-order valence-electron chi connectivity index (χ4n) is 2.52. The fraction of sp³-hybridized carbons (Fsp3) is 0.667. The van der Waals surface area contributed by atoms with E-state index < -0.39 is 6.09 Å². The van der Waals surface area contributed by atoms with E-state index in [-0.39, 0.29) is 16.5 Å². The van der Waals surface area contributed by atoms with E-state index in [1.54, 1.807) is 0 Å². The van der Waals surface area contributed by atoms with Crippen LogP contribution in [0, 0.1) is 9.62 Å². The fourth-order valence-corrected chi connectivity index (χ4v) is 3.00. The van der Waals surface area contributed by atoms with Gasteiger partial charge >= 0.3 is 6.09 Å².